The van der Waals surface area contributed by atoms with Gasteiger partial charge in [0.25, 0.3) is 0 Å². The zero-order valence-electron chi connectivity index (χ0n) is 19.2. The molecule has 0 bridgehead atoms. The third-order valence-electron chi connectivity index (χ3n) is 4.78. The largest absolute Gasteiger partial charge is 0.657 e. The van der Waals surface area contributed by atoms with Gasteiger partial charge in [-0.05, 0) is 24.3 Å². The third kappa shape index (κ3) is 6.97. The van der Waals surface area contributed by atoms with Crippen molar-refractivity contribution in [1.29, 1.82) is 0 Å². The molecule has 0 spiro atoms. The molecule has 196 valence electrons. The van der Waals surface area contributed by atoms with Gasteiger partial charge in [-0.15, -0.1) is 11.4 Å². The van der Waals surface area contributed by atoms with Crippen LogP contribution in [0.2, 0.25) is 10.0 Å². The van der Waals surface area contributed by atoms with Crippen molar-refractivity contribution in [3.8, 4) is 17.0 Å². The van der Waals surface area contributed by atoms with E-state index in [1.807, 2.05) is 0 Å². The van der Waals surface area contributed by atoms with Gasteiger partial charge in [-0.2, -0.15) is 18.3 Å². The van der Waals surface area contributed by atoms with Crippen LogP contribution in [0.5, 0.6) is 5.75 Å². The number of nitrogens with two attached hydrogens (primary N) is 1. The van der Waals surface area contributed by atoms with Gasteiger partial charge in [0.2, 0.25) is 0 Å². The van der Waals surface area contributed by atoms with E-state index in [4.69, 9.17) is 38.8 Å². The molecule has 0 unspecified atom stereocenters. The molecule has 0 amide bonds. The Hall–Kier alpha value is -3.67. The minimum Gasteiger partial charge on any atom is -0.657 e. The number of halogens is 5. The first-order chi connectivity index (χ1) is 17.5. The lowest BCUT2D eigenvalue weighted by Crippen LogP contribution is -2.14. The molecule has 0 atom stereocenters. The van der Waals surface area contributed by atoms with Crippen molar-refractivity contribution >= 4 is 40.5 Å². The van der Waals surface area contributed by atoms with E-state index < -0.39 is 17.7 Å². The zero-order chi connectivity index (χ0) is 27.2. The molecule has 0 aliphatic carbocycles. The standard InChI is InChI=1S/C19H16Cl2F3N4O.C5H4O3/c1-28-18(13(21)10-26-28)16-15(29-9-8-25)7-6-14(17(16)19(22,23)24)27-12-4-2-11(20)3-5-12;6-5(7)4-1-2-8-3-4/h2-7,10H,8-9,25H2,1H3;1-3H,(H,6,7)/q-1;. The number of alkyl halides is 3. The van der Waals surface area contributed by atoms with Gasteiger partial charge in [-0.1, -0.05) is 41.4 Å². The maximum atomic E-state index is 14.2. The van der Waals surface area contributed by atoms with E-state index in [1.54, 1.807) is 12.1 Å². The lowest BCUT2D eigenvalue weighted by molar-refractivity contribution is -0.136. The Morgan fingerprint density at radius 3 is 2.38 bits per heavy atom. The summed E-state index contributed by atoms with van der Waals surface area (Å²) in [6, 6.07) is 10.2. The van der Waals surface area contributed by atoms with Crippen molar-refractivity contribution in [3.05, 3.63) is 87.7 Å². The van der Waals surface area contributed by atoms with Crippen LogP contribution < -0.4 is 10.5 Å². The maximum Gasteiger partial charge on any atom is 0.416 e. The molecule has 37 heavy (non-hydrogen) atoms. The number of aryl methyl sites for hydroxylation is 1. The Kier molecular flexibility index (Phi) is 9.09. The van der Waals surface area contributed by atoms with E-state index in [-0.39, 0.29) is 46.4 Å². The van der Waals surface area contributed by atoms with Crippen LogP contribution in [0.3, 0.4) is 0 Å². The Morgan fingerprint density at radius 2 is 1.89 bits per heavy atom. The van der Waals surface area contributed by atoms with Crippen molar-refractivity contribution < 1.29 is 32.2 Å². The molecular weight excluding hydrogens is 536 g/mol. The Morgan fingerprint density at radius 1 is 1.19 bits per heavy atom. The molecule has 8 nitrogen and oxygen atoms in total. The minimum atomic E-state index is -4.74. The maximum absolute atomic E-state index is 14.2. The molecule has 13 heteroatoms. The van der Waals surface area contributed by atoms with E-state index in [9.17, 15) is 18.0 Å². The van der Waals surface area contributed by atoms with Gasteiger partial charge in [0.15, 0.2) is 0 Å². The van der Waals surface area contributed by atoms with Crippen molar-refractivity contribution in [2.75, 3.05) is 13.2 Å². The van der Waals surface area contributed by atoms with Crippen molar-refractivity contribution in [1.82, 2.24) is 9.78 Å². The number of furan rings is 1. The number of carboxylic acids is 1. The van der Waals surface area contributed by atoms with Gasteiger partial charge < -0.3 is 25.3 Å². The SMILES string of the molecule is Cn1ncc(Cl)c1-c1c(OCCN)ccc([N-]c2ccc(Cl)cc2)c1C(F)(F)F.O=C(O)c1ccoc1. The second-order valence-electron chi connectivity index (χ2n) is 7.34. The highest BCUT2D eigenvalue weighted by Gasteiger charge is 2.37. The van der Waals surface area contributed by atoms with Gasteiger partial charge in [-0.3, -0.25) is 4.68 Å². The van der Waals surface area contributed by atoms with Gasteiger partial charge in [-0.25, -0.2) is 4.79 Å². The minimum absolute atomic E-state index is 0.0108. The number of rotatable bonds is 7. The molecule has 0 fully saturated rings. The second kappa shape index (κ2) is 12.0. The summed E-state index contributed by atoms with van der Waals surface area (Å²) in [5.74, 6) is -0.970. The Bertz CT molecular complexity index is 1320. The Labute approximate surface area is 219 Å². The lowest BCUT2D eigenvalue weighted by atomic mass is 9.99. The predicted octanol–water partition coefficient (Wildman–Crippen LogP) is 7.06. The van der Waals surface area contributed by atoms with Gasteiger partial charge >= 0.3 is 12.1 Å². The van der Waals surface area contributed by atoms with E-state index in [1.165, 1.54) is 60.8 Å². The molecule has 2 heterocycles. The van der Waals surface area contributed by atoms with E-state index >= 15 is 0 Å². The first-order valence-electron chi connectivity index (χ1n) is 10.5. The normalized spacial score (nSPS) is 11.0. The fourth-order valence-corrected chi connectivity index (χ4v) is 3.60. The van der Waals surface area contributed by atoms with Crippen LogP contribution in [0.4, 0.5) is 24.5 Å². The Balaban J connectivity index is 0.000000405. The summed E-state index contributed by atoms with van der Waals surface area (Å²) >= 11 is 12.0. The molecular formula is C24H20Cl2F3N4O4-. The van der Waals surface area contributed by atoms with E-state index in [2.05, 4.69) is 14.8 Å². The molecule has 4 rings (SSSR count). The van der Waals surface area contributed by atoms with E-state index in [0.717, 1.165) is 0 Å². The van der Waals surface area contributed by atoms with Crippen molar-refractivity contribution in [2.45, 2.75) is 6.18 Å². The van der Waals surface area contributed by atoms with Crippen molar-refractivity contribution in [2.24, 2.45) is 12.8 Å². The van der Waals surface area contributed by atoms with Crippen LogP contribution in [-0.4, -0.2) is 34.0 Å². The summed E-state index contributed by atoms with van der Waals surface area (Å²) in [5, 5.41) is 16.8. The number of hydrogen-bond donors (Lipinski definition) is 2. The molecule has 2 aromatic heterocycles. The van der Waals surface area contributed by atoms with E-state index in [0.29, 0.717) is 10.7 Å². The number of benzene rings is 2. The average Bonchev–Trinajstić information content (AvgIpc) is 3.49. The monoisotopic (exact) mass is 555 g/mol. The average molecular weight is 556 g/mol. The number of carboxylic acid groups (broad SMARTS) is 1. The number of nitrogens with zero attached hydrogens (tertiary/aromatic N) is 3. The number of carbonyl (C=O) groups is 1. The lowest BCUT2D eigenvalue weighted by Gasteiger charge is -2.30. The summed E-state index contributed by atoms with van der Waals surface area (Å²) < 4.78 is 53.8. The number of aromatic nitrogens is 2. The predicted molar refractivity (Wildman–Crippen MR) is 133 cm³/mol. The van der Waals surface area contributed by atoms with Crippen LogP contribution in [0.1, 0.15) is 15.9 Å². The smallest absolute Gasteiger partial charge is 0.416 e. The molecule has 0 saturated carbocycles. The first-order valence-corrected chi connectivity index (χ1v) is 11.3. The third-order valence-corrected chi connectivity index (χ3v) is 5.31. The molecule has 4 aromatic rings. The number of aromatic carboxylic acids is 1. The highest BCUT2D eigenvalue weighted by Crippen LogP contribution is 2.51. The zero-order valence-corrected chi connectivity index (χ0v) is 20.7. The second-order valence-corrected chi connectivity index (χ2v) is 8.18. The highest BCUT2D eigenvalue weighted by molar-refractivity contribution is 6.33. The summed E-state index contributed by atoms with van der Waals surface area (Å²) in [4.78, 5) is 10.0. The van der Waals surface area contributed by atoms with Crippen LogP contribution in [0.15, 0.2) is 65.6 Å². The molecule has 2 aromatic carbocycles. The molecule has 0 aliphatic heterocycles. The highest BCUT2D eigenvalue weighted by atomic mass is 35.5. The summed E-state index contributed by atoms with van der Waals surface area (Å²) in [5.41, 5.74) is 4.52. The van der Waals surface area contributed by atoms with Crippen LogP contribution in [0.25, 0.3) is 16.6 Å². The van der Waals surface area contributed by atoms with Crippen molar-refractivity contribution in [3.63, 3.8) is 0 Å². The first kappa shape index (κ1) is 27.9. The van der Waals surface area contributed by atoms with Crippen LogP contribution >= 0.6 is 23.2 Å². The fraction of sp³-hybridized carbons (Fsp3) is 0.167. The molecule has 3 N–H and O–H groups in total. The summed E-state index contributed by atoms with van der Waals surface area (Å²) in [6.45, 7) is 0.171. The number of hydrogen-bond acceptors (Lipinski definition) is 5. The summed E-state index contributed by atoms with van der Waals surface area (Å²) in [7, 11) is 1.50. The quantitative estimate of drug-likeness (QED) is 0.252. The number of ether oxygens (including phenoxy) is 1. The van der Waals surface area contributed by atoms with Gasteiger partial charge in [0, 0.05) is 18.6 Å². The molecule has 0 radical (unpaired) electrons. The summed E-state index contributed by atoms with van der Waals surface area (Å²) in [6.07, 6.45) is -0.963. The van der Waals surface area contributed by atoms with Gasteiger partial charge in [0.05, 0.1) is 39.9 Å². The van der Waals surface area contributed by atoms with Gasteiger partial charge in [0.1, 0.15) is 18.6 Å². The molecule has 0 aliphatic rings. The van der Waals surface area contributed by atoms with Crippen LogP contribution in [0, 0.1) is 0 Å². The fourth-order valence-electron chi connectivity index (χ4n) is 3.21. The topological polar surface area (TPSA) is 118 Å². The van der Waals surface area contributed by atoms with Crippen LogP contribution in [-0.2, 0) is 13.2 Å². The molecule has 0 saturated heterocycles.